The molecule has 0 spiro atoms. The molecule has 4 rings (SSSR count). The number of nitrogens with one attached hydrogen (secondary N) is 1. The number of rotatable bonds is 5. The van der Waals surface area contributed by atoms with Crippen molar-refractivity contribution in [3.05, 3.63) is 60.0 Å². The van der Waals surface area contributed by atoms with Crippen LogP contribution in [0.25, 0.3) is 22.1 Å². The summed E-state index contributed by atoms with van der Waals surface area (Å²) in [5.74, 6) is 1.92. The van der Waals surface area contributed by atoms with Crippen molar-refractivity contribution in [2.45, 2.75) is 26.8 Å². The van der Waals surface area contributed by atoms with Gasteiger partial charge in [-0.3, -0.25) is 0 Å². The van der Waals surface area contributed by atoms with E-state index in [2.05, 4.69) is 50.0 Å². The fraction of sp³-hybridized carbons (Fsp3) is 0.250. The third-order valence-corrected chi connectivity index (χ3v) is 4.44. The summed E-state index contributed by atoms with van der Waals surface area (Å²) in [6, 6.07) is 16.2. The van der Waals surface area contributed by atoms with Crippen molar-refractivity contribution in [3.63, 3.8) is 0 Å². The van der Waals surface area contributed by atoms with E-state index >= 15 is 0 Å². The van der Waals surface area contributed by atoms with Crippen LogP contribution in [-0.2, 0) is 6.54 Å². The molecule has 0 aliphatic rings. The zero-order valence-electron chi connectivity index (χ0n) is 14.5. The van der Waals surface area contributed by atoms with Gasteiger partial charge in [-0.2, -0.15) is 0 Å². The van der Waals surface area contributed by atoms with Gasteiger partial charge in [0.05, 0.1) is 27.8 Å². The molecule has 2 heterocycles. The molecule has 0 fully saturated rings. The molecule has 5 heteroatoms. The number of imidazole rings is 1. The van der Waals surface area contributed by atoms with Crippen molar-refractivity contribution in [3.8, 4) is 0 Å². The van der Waals surface area contributed by atoms with Crippen LogP contribution in [0.5, 0.6) is 0 Å². The van der Waals surface area contributed by atoms with Gasteiger partial charge in [0.1, 0.15) is 11.6 Å². The lowest BCUT2D eigenvalue weighted by Crippen LogP contribution is -2.10. The number of aryl methyl sites for hydroxylation is 3. The number of benzene rings is 2. The molecule has 2 aromatic heterocycles. The van der Waals surface area contributed by atoms with Gasteiger partial charge in [-0.05, 0) is 44.5 Å². The maximum Gasteiger partial charge on any atom is 0.148 e. The largest absolute Gasteiger partial charge is 0.368 e. The molecular formula is C20H21N5. The third-order valence-electron chi connectivity index (χ3n) is 4.44. The van der Waals surface area contributed by atoms with Crippen molar-refractivity contribution < 1.29 is 0 Å². The quantitative estimate of drug-likeness (QED) is 0.559. The monoisotopic (exact) mass is 331 g/mol. The van der Waals surface area contributed by atoms with Gasteiger partial charge in [0, 0.05) is 13.1 Å². The first-order valence-electron chi connectivity index (χ1n) is 8.61. The Morgan fingerprint density at radius 1 is 0.840 bits per heavy atom. The summed E-state index contributed by atoms with van der Waals surface area (Å²) < 4.78 is 2.27. The van der Waals surface area contributed by atoms with E-state index in [1.807, 2.05) is 37.3 Å². The van der Waals surface area contributed by atoms with Crippen molar-refractivity contribution in [2.75, 3.05) is 11.9 Å². The van der Waals surface area contributed by atoms with Crippen molar-refractivity contribution in [1.82, 2.24) is 19.5 Å². The number of para-hydroxylation sites is 4. The number of hydrogen-bond acceptors (Lipinski definition) is 4. The van der Waals surface area contributed by atoms with Crippen molar-refractivity contribution >= 4 is 27.9 Å². The standard InChI is InChI=1S/C20H21N5/c1-14-20(24-17-9-4-3-8-16(17)22-14)21-12-7-13-25-15(2)23-18-10-5-6-11-19(18)25/h3-6,8-11H,7,12-13H2,1-2H3,(H,21,24). The lowest BCUT2D eigenvalue weighted by Gasteiger charge is -2.10. The molecule has 0 bridgehead atoms. The van der Waals surface area contributed by atoms with E-state index in [1.54, 1.807) is 0 Å². The van der Waals surface area contributed by atoms with Gasteiger partial charge in [-0.1, -0.05) is 24.3 Å². The summed E-state index contributed by atoms with van der Waals surface area (Å²) in [6.45, 7) is 5.83. The normalized spacial score (nSPS) is 11.3. The lowest BCUT2D eigenvalue weighted by atomic mass is 10.3. The van der Waals surface area contributed by atoms with Crippen LogP contribution < -0.4 is 5.32 Å². The minimum atomic E-state index is 0.847. The Hall–Kier alpha value is -2.95. The average Bonchev–Trinajstić information content (AvgIpc) is 2.94. The molecular weight excluding hydrogens is 310 g/mol. The highest BCUT2D eigenvalue weighted by Crippen LogP contribution is 2.17. The van der Waals surface area contributed by atoms with Crippen LogP contribution in [0.3, 0.4) is 0 Å². The molecule has 0 radical (unpaired) electrons. The zero-order chi connectivity index (χ0) is 17.2. The van der Waals surface area contributed by atoms with Crippen LogP contribution >= 0.6 is 0 Å². The Balaban J connectivity index is 1.44. The van der Waals surface area contributed by atoms with E-state index in [9.17, 15) is 0 Å². The number of nitrogens with zero attached hydrogens (tertiary/aromatic N) is 4. The fourth-order valence-electron chi connectivity index (χ4n) is 3.18. The third kappa shape index (κ3) is 3.05. The summed E-state index contributed by atoms with van der Waals surface area (Å²) >= 11 is 0. The van der Waals surface area contributed by atoms with Crippen LogP contribution in [0.2, 0.25) is 0 Å². The van der Waals surface area contributed by atoms with Gasteiger partial charge >= 0.3 is 0 Å². The Morgan fingerprint density at radius 2 is 1.52 bits per heavy atom. The molecule has 0 atom stereocenters. The molecule has 0 aliphatic heterocycles. The predicted octanol–water partition coefficient (Wildman–Crippen LogP) is 4.10. The molecule has 0 amide bonds. The first kappa shape index (κ1) is 15.6. The highest BCUT2D eigenvalue weighted by molar-refractivity contribution is 5.76. The lowest BCUT2D eigenvalue weighted by molar-refractivity contribution is 0.658. The van der Waals surface area contributed by atoms with E-state index in [-0.39, 0.29) is 0 Å². The summed E-state index contributed by atoms with van der Waals surface area (Å²) in [5, 5.41) is 3.43. The summed E-state index contributed by atoms with van der Waals surface area (Å²) in [5.41, 5.74) is 5.05. The minimum Gasteiger partial charge on any atom is -0.368 e. The smallest absolute Gasteiger partial charge is 0.148 e. The fourth-order valence-corrected chi connectivity index (χ4v) is 3.18. The number of fused-ring (bicyclic) bond motifs is 2. The topological polar surface area (TPSA) is 55.6 Å². The van der Waals surface area contributed by atoms with E-state index in [4.69, 9.17) is 0 Å². The van der Waals surface area contributed by atoms with E-state index in [0.29, 0.717) is 0 Å². The minimum absolute atomic E-state index is 0.847. The number of anilines is 1. The van der Waals surface area contributed by atoms with Crippen LogP contribution in [0.1, 0.15) is 17.9 Å². The molecule has 5 nitrogen and oxygen atoms in total. The van der Waals surface area contributed by atoms with Crippen LogP contribution in [-0.4, -0.2) is 26.1 Å². The molecule has 4 aromatic rings. The molecule has 25 heavy (non-hydrogen) atoms. The first-order valence-corrected chi connectivity index (χ1v) is 8.61. The number of aromatic nitrogens is 4. The SMILES string of the molecule is Cc1nc2ccccc2nc1NCCCn1c(C)nc2ccccc21. The molecule has 0 saturated heterocycles. The molecule has 2 aromatic carbocycles. The van der Waals surface area contributed by atoms with Gasteiger partial charge < -0.3 is 9.88 Å². The second kappa shape index (κ2) is 6.51. The molecule has 0 aliphatic carbocycles. The van der Waals surface area contributed by atoms with Gasteiger partial charge in [0.25, 0.3) is 0 Å². The molecule has 0 unspecified atom stereocenters. The second-order valence-corrected chi connectivity index (χ2v) is 6.23. The highest BCUT2D eigenvalue weighted by Gasteiger charge is 2.07. The zero-order valence-corrected chi connectivity index (χ0v) is 14.5. The van der Waals surface area contributed by atoms with Gasteiger partial charge in [-0.25, -0.2) is 15.0 Å². The first-order chi connectivity index (χ1) is 12.2. The maximum absolute atomic E-state index is 4.68. The Morgan fingerprint density at radius 3 is 2.32 bits per heavy atom. The van der Waals surface area contributed by atoms with Crippen LogP contribution in [0.4, 0.5) is 5.82 Å². The van der Waals surface area contributed by atoms with E-state index < -0.39 is 0 Å². The molecule has 0 saturated carbocycles. The summed E-state index contributed by atoms with van der Waals surface area (Å²) in [7, 11) is 0. The molecule has 126 valence electrons. The van der Waals surface area contributed by atoms with E-state index in [0.717, 1.165) is 53.4 Å². The number of hydrogen-bond donors (Lipinski definition) is 1. The second-order valence-electron chi connectivity index (χ2n) is 6.23. The van der Waals surface area contributed by atoms with Crippen molar-refractivity contribution in [2.24, 2.45) is 0 Å². The van der Waals surface area contributed by atoms with Crippen LogP contribution in [0, 0.1) is 13.8 Å². The van der Waals surface area contributed by atoms with Gasteiger partial charge in [-0.15, -0.1) is 0 Å². The highest BCUT2D eigenvalue weighted by atomic mass is 15.1. The van der Waals surface area contributed by atoms with Gasteiger partial charge in [0.2, 0.25) is 0 Å². The van der Waals surface area contributed by atoms with Crippen molar-refractivity contribution in [1.29, 1.82) is 0 Å². The van der Waals surface area contributed by atoms with Crippen LogP contribution in [0.15, 0.2) is 48.5 Å². The average molecular weight is 331 g/mol. The Labute approximate surface area is 146 Å². The Kier molecular flexibility index (Phi) is 4.06. The molecule has 1 N–H and O–H groups in total. The Bertz CT molecular complexity index is 1030. The maximum atomic E-state index is 4.68. The van der Waals surface area contributed by atoms with Gasteiger partial charge in [0.15, 0.2) is 0 Å². The van der Waals surface area contributed by atoms with E-state index in [1.165, 1.54) is 5.52 Å². The summed E-state index contributed by atoms with van der Waals surface area (Å²) in [6.07, 6.45) is 0.995. The summed E-state index contributed by atoms with van der Waals surface area (Å²) in [4.78, 5) is 13.9. The predicted molar refractivity (Wildman–Crippen MR) is 102 cm³/mol.